The van der Waals surface area contributed by atoms with E-state index >= 15 is 0 Å². The van der Waals surface area contributed by atoms with Crippen molar-refractivity contribution in [1.82, 2.24) is 4.57 Å². The van der Waals surface area contributed by atoms with Crippen molar-refractivity contribution in [3.8, 4) is 27.9 Å². The minimum atomic E-state index is -0.206. The van der Waals surface area contributed by atoms with Crippen LogP contribution in [-0.4, -0.2) is 11.4 Å². The number of thiophene rings is 1. The first-order chi connectivity index (χ1) is 33.4. The van der Waals surface area contributed by atoms with Crippen LogP contribution in [0.4, 0.5) is 11.4 Å². The van der Waals surface area contributed by atoms with E-state index in [4.69, 9.17) is 0 Å². The molecule has 2 aromatic heterocycles. The molecule has 0 unspecified atom stereocenters. The molecule has 8 aromatic carbocycles. The van der Waals surface area contributed by atoms with Crippen LogP contribution in [0.2, 0.25) is 0 Å². The molecular formula is C66H61BN2S. The third-order valence-electron chi connectivity index (χ3n) is 19.2. The standard InChI is InChI=1S/C66H61BN2S/c1-36-31-44-46(64(6,7)29-27-62(44,2)3)34-52(36)69-51-25-26-53-58(41-32-45-47(35-54(41)70-53)65(8,9)30-28-63(45,4)5)57(51)42-33-48-56(39-19-14-15-21-43(39)66(48,10)11)61-59(42)67(69)49-22-16-20-40-55-38-18-13-12-17-37(38)23-24-50(55)68(61)60(40)49/h12-26,31-35H,27-30H2,1-11H3. The average Bonchev–Trinajstić information content (AvgIpc) is 3.96. The van der Waals surface area contributed by atoms with Crippen LogP contribution in [0.15, 0.2) is 121 Å². The van der Waals surface area contributed by atoms with Gasteiger partial charge in [-0.3, -0.25) is 0 Å². The summed E-state index contributed by atoms with van der Waals surface area (Å²) in [5.74, 6) is 0. The van der Waals surface area contributed by atoms with Gasteiger partial charge in [0.1, 0.15) is 0 Å². The van der Waals surface area contributed by atoms with Gasteiger partial charge in [-0.05, 0) is 169 Å². The highest BCUT2D eigenvalue weighted by Crippen LogP contribution is 2.59. The monoisotopic (exact) mass is 924 g/mol. The summed E-state index contributed by atoms with van der Waals surface area (Å²) in [5.41, 5.74) is 25.5. The molecule has 344 valence electrons. The molecule has 15 rings (SSSR count). The molecule has 2 aliphatic heterocycles. The van der Waals surface area contributed by atoms with Gasteiger partial charge >= 0.3 is 6.85 Å². The molecule has 0 saturated heterocycles. The van der Waals surface area contributed by atoms with Gasteiger partial charge in [0.15, 0.2) is 0 Å². The minimum absolute atomic E-state index is 0.0539. The first-order valence-corrected chi connectivity index (χ1v) is 26.9. The number of anilines is 2. The Morgan fingerprint density at radius 2 is 1.14 bits per heavy atom. The van der Waals surface area contributed by atoms with Crippen molar-refractivity contribution in [2.24, 2.45) is 0 Å². The number of benzene rings is 8. The largest absolute Gasteiger partial charge is 0.376 e. The smallest absolute Gasteiger partial charge is 0.333 e. The maximum atomic E-state index is 2.86. The Labute approximate surface area is 417 Å². The zero-order valence-corrected chi connectivity index (χ0v) is 43.6. The number of aryl methyl sites for hydroxylation is 1. The molecule has 10 aromatic rings. The summed E-state index contributed by atoms with van der Waals surface area (Å²) in [6.07, 6.45) is 4.78. The molecule has 70 heavy (non-hydrogen) atoms. The molecule has 2 nitrogen and oxygen atoms in total. The van der Waals surface area contributed by atoms with Crippen LogP contribution in [0.25, 0.3) is 80.7 Å². The first kappa shape index (κ1) is 41.7. The van der Waals surface area contributed by atoms with Crippen LogP contribution in [-0.2, 0) is 27.1 Å². The SMILES string of the molecule is Cc1cc2c(cc1N1B3c4c(cc5c(c4-n4c6ccc7ccccc7c6c6cccc3c64)-c3ccccc3C5(C)C)-c3c1ccc1sc4cc5c(cc4c31)C(C)(C)CCC5(C)C)C(C)(C)CCC2(C)C. The first-order valence-electron chi connectivity index (χ1n) is 26.1. The highest BCUT2D eigenvalue weighted by atomic mass is 32.1. The van der Waals surface area contributed by atoms with E-state index in [0.29, 0.717) is 0 Å². The second kappa shape index (κ2) is 13.1. The third kappa shape index (κ3) is 5.02. The van der Waals surface area contributed by atoms with Crippen molar-refractivity contribution < 1.29 is 0 Å². The maximum Gasteiger partial charge on any atom is 0.333 e. The molecule has 0 radical (unpaired) electrons. The highest BCUT2D eigenvalue weighted by molar-refractivity contribution is 7.26. The van der Waals surface area contributed by atoms with Gasteiger partial charge in [0.05, 0.1) is 16.7 Å². The van der Waals surface area contributed by atoms with E-state index < -0.39 is 0 Å². The lowest BCUT2D eigenvalue weighted by Crippen LogP contribution is -2.61. The summed E-state index contributed by atoms with van der Waals surface area (Å²) >= 11 is 2.01. The van der Waals surface area contributed by atoms with Gasteiger partial charge < -0.3 is 9.38 Å². The lowest BCUT2D eigenvalue weighted by atomic mass is 9.43. The molecule has 0 atom stereocenters. The Kier molecular flexibility index (Phi) is 7.77. The lowest BCUT2D eigenvalue weighted by Gasteiger charge is -2.46. The quantitative estimate of drug-likeness (QED) is 0.149. The number of para-hydroxylation sites is 1. The topological polar surface area (TPSA) is 8.17 Å². The van der Waals surface area contributed by atoms with E-state index in [1.165, 1.54) is 168 Å². The van der Waals surface area contributed by atoms with E-state index in [0.717, 1.165) is 0 Å². The summed E-state index contributed by atoms with van der Waals surface area (Å²) in [7, 11) is 0. The Balaban J connectivity index is 1.17. The summed E-state index contributed by atoms with van der Waals surface area (Å²) in [5, 5.41) is 8.13. The predicted molar refractivity (Wildman–Crippen MR) is 303 cm³/mol. The van der Waals surface area contributed by atoms with Gasteiger partial charge in [0, 0.05) is 58.9 Å². The van der Waals surface area contributed by atoms with Gasteiger partial charge in [-0.15, -0.1) is 11.3 Å². The molecule has 3 aliphatic carbocycles. The average molecular weight is 925 g/mol. The molecular weight excluding hydrogens is 864 g/mol. The number of nitrogens with zero attached hydrogens (tertiary/aromatic N) is 2. The Hall–Kier alpha value is -6.10. The van der Waals surface area contributed by atoms with E-state index in [-0.39, 0.29) is 33.9 Å². The van der Waals surface area contributed by atoms with E-state index in [1.807, 2.05) is 11.3 Å². The van der Waals surface area contributed by atoms with E-state index in [9.17, 15) is 0 Å². The second-order valence-corrected chi connectivity index (χ2v) is 26.4. The van der Waals surface area contributed by atoms with Gasteiger partial charge in [-0.1, -0.05) is 148 Å². The fourth-order valence-electron chi connectivity index (χ4n) is 15.1. The van der Waals surface area contributed by atoms with Crippen molar-refractivity contribution in [2.45, 2.75) is 129 Å². The Morgan fingerprint density at radius 3 is 1.90 bits per heavy atom. The van der Waals surface area contributed by atoms with Crippen molar-refractivity contribution >= 4 is 93.2 Å². The van der Waals surface area contributed by atoms with Crippen molar-refractivity contribution in [3.63, 3.8) is 0 Å². The molecule has 4 heteroatoms. The van der Waals surface area contributed by atoms with Crippen LogP contribution in [0.3, 0.4) is 0 Å². The van der Waals surface area contributed by atoms with Crippen LogP contribution >= 0.6 is 11.3 Å². The van der Waals surface area contributed by atoms with Gasteiger partial charge in [-0.25, -0.2) is 0 Å². The summed E-state index contributed by atoms with van der Waals surface area (Å²) < 4.78 is 5.54. The fraction of sp³-hybridized carbons (Fsp3) is 0.303. The molecule has 0 bridgehead atoms. The Bertz CT molecular complexity index is 4070. The lowest BCUT2D eigenvalue weighted by molar-refractivity contribution is 0.332. The number of rotatable bonds is 1. The zero-order chi connectivity index (χ0) is 47.9. The summed E-state index contributed by atoms with van der Waals surface area (Å²) in [4.78, 5) is 2.86. The van der Waals surface area contributed by atoms with E-state index in [2.05, 4.69) is 207 Å². The molecule has 0 amide bonds. The molecule has 0 N–H and O–H groups in total. The zero-order valence-electron chi connectivity index (χ0n) is 42.8. The second-order valence-electron chi connectivity index (χ2n) is 25.4. The molecule has 0 saturated carbocycles. The number of hydrogen-bond acceptors (Lipinski definition) is 2. The van der Waals surface area contributed by atoms with Gasteiger partial charge in [0.2, 0.25) is 0 Å². The minimum Gasteiger partial charge on any atom is -0.376 e. The maximum absolute atomic E-state index is 2.86. The number of aromatic nitrogens is 1. The van der Waals surface area contributed by atoms with Crippen LogP contribution < -0.4 is 15.7 Å². The summed E-state index contributed by atoms with van der Waals surface area (Å²) in [6.45, 7) is 27.2. The third-order valence-corrected chi connectivity index (χ3v) is 20.3. The van der Waals surface area contributed by atoms with Crippen molar-refractivity contribution in [3.05, 3.63) is 160 Å². The van der Waals surface area contributed by atoms with Gasteiger partial charge in [-0.2, -0.15) is 0 Å². The van der Waals surface area contributed by atoms with Crippen LogP contribution in [0.5, 0.6) is 0 Å². The van der Waals surface area contributed by atoms with Gasteiger partial charge in [0.25, 0.3) is 0 Å². The van der Waals surface area contributed by atoms with Crippen LogP contribution in [0, 0.1) is 6.92 Å². The molecule has 5 aliphatic rings. The summed E-state index contributed by atoms with van der Waals surface area (Å²) in [6, 6.07) is 48.7. The van der Waals surface area contributed by atoms with E-state index in [1.54, 1.807) is 0 Å². The fourth-order valence-corrected chi connectivity index (χ4v) is 16.2. The van der Waals surface area contributed by atoms with Crippen LogP contribution in [0.1, 0.15) is 134 Å². The predicted octanol–water partition coefficient (Wildman–Crippen LogP) is 16.9. The normalized spacial score (nSPS) is 19.1. The highest BCUT2D eigenvalue weighted by Gasteiger charge is 2.50. The number of hydrogen-bond donors (Lipinski definition) is 0. The Morgan fingerprint density at radius 1 is 0.486 bits per heavy atom. The number of fused-ring (bicyclic) bond motifs is 19. The molecule has 4 heterocycles. The molecule has 0 spiro atoms. The van der Waals surface area contributed by atoms with Crippen molar-refractivity contribution in [2.75, 3.05) is 4.81 Å². The molecule has 0 fully saturated rings. The van der Waals surface area contributed by atoms with Crippen molar-refractivity contribution in [1.29, 1.82) is 0 Å².